The van der Waals surface area contributed by atoms with Crippen LogP contribution in [-0.2, 0) is 0 Å². The van der Waals surface area contributed by atoms with E-state index >= 15 is 0 Å². The summed E-state index contributed by atoms with van der Waals surface area (Å²) in [5, 5.41) is 3.89. The fourth-order valence-corrected chi connectivity index (χ4v) is 1.72. The maximum absolute atomic E-state index is 5.98. The molecule has 5 heteroatoms. The third-order valence-electron chi connectivity index (χ3n) is 2.92. The van der Waals surface area contributed by atoms with E-state index in [2.05, 4.69) is 10.1 Å². The van der Waals surface area contributed by atoms with Crippen LogP contribution in [-0.4, -0.2) is 10.1 Å². The zero-order valence-electron chi connectivity index (χ0n) is 9.01. The van der Waals surface area contributed by atoms with Gasteiger partial charge in [0.25, 0.3) is 0 Å². The summed E-state index contributed by atoms with van der Waals surface area (Å²) in [6.45, 7) is 1.94. The second kappa shape index (κ2) is 3.45. The van der Waals surface area contributed by atoms with E-state index in [1.807, 2.05) is 13.0 Å². The van der Waals surface area contributed by atoms with Crippen molar-refractivity contribution in [3.63, 3.8) is 0 Å². The molecule has 2 heterocycles. The van der Waals surface area contributed by atoms with Crippen molar-refractivity contribution in [2.45, 2.75) is 25.8 Å². The molecule has 1 atom stereocenters. The Balaban J connectivity index is 1.90. The van der Waals surface area contributed by atoms with Crippen LogP contribution in [0, 0.1) is 12.8 Å². The van der Waals surface area contributed by atoms with E-state index in [-0.39, 0.29) is 6.04 Å². The molecular weight excluding hydrogens is 206 g/mol. The van der Waals surface area contributed by atoms with Gasteiger partial charge in [0.05, 0.1) is 12.3 Å². The molecule has 16 heavy (non-hydrogen) atoms. The van der Waals surface area contributed by atoms with Gasteiger partial charge in [0.15, 0.2) is 5.76 Å². The number of aromatic nitrogens is 2. The summed E-state index contributed by atoms with van der Waals surface area (Å²) in [6, 6.07) is 1.74. The Morgan fingerprint density at radius 1 is 1.50 bits per heavy atom. The summed E-state index contributed by atoms with van der Waals surface area (Å²) in [5.41, 5.74) is 6.97. The monoisotopic (exact) mass is 219 g/mol. The van der Waals surface area contributed by atoms with Crippen molar-refractivity contribution < 1.29 is 8.94 Å². The van der Waals surface area contributed by atoms with Gasteiger partial charge in [-0.2, -0.15) is 4.98 Å². The van der Waals surface area contributed by atoms with Gasteiger partial charge in [-0.1, -0.05) is 5.16 Å². The van der Waals surface area contributed by atoms with E-state index in [0.29, 0.717) is 23.4 Å². The number of hydrogen-bond acceptors (Lipinski definition) is 5. The van der Waals surface area contributed by atoms with Crippen LogP contribution in [0.1, 0.15) is 30.3 Å². The molecular formula is C11H13N3O2. The normalized spacial score (nSPS) is 17.6. The van der Waals surface area contributed by atoms with Crippen molar-refractivity contribution in [3.05, 3.63) is 23.8 Å². The van der Waals surface area contributed by atoms with Gasteiger partial charge in [-0.3, -0.25) is 0 Å². The molecule has 5 nitrogen and oxygen atoms in total. The SMILES string of the molecule is Cc1ccoc1-c1noc(C(N)C2CC2)n1. The zero-order chi connectivity index (χ0) is 11.1. The second-order valence-corrected chi connectivity index (χ2v) is 4.25. The van der Waals surface area contributed by atoms with Gasteiger partial charge >= 0.3 is 0 Å². The average molecular weight is 219 g/mol. The number of hydrogen-bond donors (Lipinski definition) is 1. The first-order valence-corrected chi connectivity index (χ1v) is 5.39. The second-order valence-electron chi connectivity index (χ2n) is 4.25. The Labute approximate surface area is 92.6 Å². The number of rotatable bonds is 3. The Morgan fingerprint density at radius 3 is 2.94 bits per heavy atom. The Kier molecular flexibility index (Phi) is 2.07. The van der Waals surface area contributed by atoms with E-state index in [9.17, 15) is 0 Å². The summed E-state index contributed by atoms with van der Waals surface area (Å²) in [5.74, 6) is 2.14. The fraction of sp³-hybridized carbons (Fsp3) is 0.455. The van der Waals surface area contributed by atoms with Gasteiger partial charge in [-0.05, 0) is 37.3 Å². The maximum atomic E-state index is 5.98. The third-order valence-corrected chi connectivity index (χ3v) is 2.92. The van der Waals surface area contributed by atoms with Crippen LogP contribution >= 0.6 is 0 Å². The molecule has 84 valence electrons. The molecule has 0 saturated heterocycles. The molecule has 1 aliphatic carbocycles. The first-order chi connectivity index (χ1) is 7.75. The lowest BCUT2D eigenvalue weighted by atomic mass is 10.2. The highest BCUT2D eigenvalue weighted by molar-refractivity contribution is 5.51. The lowest BCUT2D eigenvalue weighted by Gasteiger charge is -2.01. The van der Waals surface area contributed by atoms with Gasteiger partial charge < -0.3 is 14.7 Å². The molecule has 2 N–H and O–H groups in total. The molecule has 1 saturated carbocycles. The van der Waals surface area contributed by atoms with Crippen LogP contribution in [0.4, 0.5) is 0 Å². The van der Waals surface area contributed by atoms with Crippen LogP contribution in [0.2, 0.25) is 0 Å². The van der Waals surface area contributed by atoms with E-state index in [4.69, 9.17) is 14.7 Å². The highest BCUT2D eigenvalue weighted by Crippen LogP contribution is 2.39. The minimum Gasteiger partial charge on any atom is -0.461 e. The van der Waals surface area contributed by atoms with Crippen LogP contribution in [0.5, 0.6) is 0 Å². The quantitative estimate of drug-likeness (QED) is 0.854. The van der Waals surface area contributed by atoms with Crippen molar-refractivity contribution in [3.8, 4) is 11.6 Å². The first kappa shape index (κ1) is 9.59. The molecule has 2 aromatic heterocycles. The average Bonchev–Trinajstić information content (AvgIpc) is 2.86. The molecule has 1 fully saturated rings. The molecule has 1 unspecified atom stereocenters. The minimum atomic E-state index is -0.128. The molecule has 0 bridgehead atoms. The molecule has 3 rings (SSSR count). The fourth-order valence-electron chi connectivity index (χ4n) is 1.72. The summed E-state index contributed by atoms with van der Waals surface area (Å²) >= 11 is 0. The van der Waals surface area contributed by atoms with Crippen molar-refractivity contribution >= 4 is 0 Å². The predicted octanol–water partition coefficient (Wildman–Crippen LogP) is 2.05. The molecule has 0 amide bonds. The Hall–Kier alpha value is -1.62. The highest BCUT2D eigenvalue weighted by atomic mass is 16.5. The number of furan rings is 1. The van der Waals surface area contributed by atoms with Gasteiger partial charge in [-0.25, -0.2) is 0 Å². The standard InChI is InChI=1S/C11H13N3O2/c1-6-4-5-15-9(6)10-13-11(16-14-10)8(12)7-2-3-7/h4-5,7-8H,2-3,12H2,1H3. The van der Waals surface area contributed by atoms with E-state index in [0.717, 1.165) is 18.4 Å². The van der Waals surface area contributed by atoms with E-state index < -0.39 is 0 Å². The van der Waals surface area contributed by atoms with Crippen LogP contribution in [0.25, 0.3) is 11.6 Å². The van der Waals surface area contributed by atoms with Gasteiger partial charge in [0.2, 0.25) is 11.7 Å². The molecule has 0 aliphatic heterocycles. The molecule has 1 aliphatic rings. The van der Waals surface area contributed by atoms with Crippen LogP contribution in [0.15, 0.2) is 21.3 Å². The Bertz CT molecular complexity index is 499. The smallest absolute Gasteiger partial charge is 0.244 e. The highest BCUT2D eigenvalue weighted by Gasteiger charge is 2.33. The van der Waals surface area contributed by atoms with Crippen LogP contribution < -0.4 is 5.73 Å². The largest absolute Gasteiger partial charge is 0.461 e. The molecule has 2 aromatic rings. The van der Waals surface area contributed by atoms with Gasteiger partial charge in [0.1, 0.15) is 0 Å². The van der Waals surface area contributed by atoms with Crippen molar-refractivity contribution in [1.82, 2.24) is 10.1 Å². The number of nitrogens with two attached hydrogens (primary N) is 1. The van der Waals surface area contributed by atoms with Crippen molar-refractivity contribution in [2.75, 3.05) is 0 Å². The zero-order valence-corrected chi connectivity index (χ0v) is 9.01. The summed E-state index contributed by atoms with van der Waals surface area (Å²) in [7, 11) is 0. The summed E-state index contributed by atoms with van der Waals surface area (Å²) < 4.78 is 10.5. The third kappa shape index (κ3) is 1.53. The van der Waals surface area contributed by atoms with Crippen molar-refractivity contribution in [2.24, 2.45) is 11.7 Å². The minimum absolute atomic E-state index is 0.128. The van der Waals surface area contributed by atoms with Crippen molar-refractivity contribution in [1.29, 1.82) is 0 Å². The maximum Gasteiger partial charge on any atom is 0.244 e. The predicted molar refractivity (Wildman–Crippen MR) is 56.4 cm³/mol. The van der Waals surface area contributed by atoms with E-state index in [1.165, 1.54) is 0 Å². The van der Waals surface area contributed by atoms with Gasteiger partial charge in [-0.15, -0.1) is 0 Å². The molecule has 0 radical (unpaired) electrons. The van der Waals surface area contributed by atoms with Gasteiger partial charge in [0, 0.05) is 0 Å². The van der Waals surface area contributed by atoms with Crippen LogP contribution in [0.3, 0.4) is 0 Å². The first-order valence-electron chi connectivity index (χ1n) is 5.39. The lowest BCUT2D eigenvalue weighted by Crippen LogP contribution is -2.12. The lowest BCUT2D eigenvalue weighted by molar-refractivity contribution is 0.343. The Morgan fingerprint density at radius 2 is 2.31 bits per heavy atom. The van der Waals surface area contributed by atoms with E-state index in [1.54, 1.807) is 6.26 Å². The summed E-state index contributed by atoms with van der Waals surface area (Å²) in [6.07, 6.45) is 3.92. The number of nitrogens with zero attached hydrogens (tertiary/aromatic N) is 2. The number of aryl methyl sites for hydroxylation is 1. The molecule has 0 spiro atoms. The molecule has 0 aromatic carbocycles. The topological polar surface area (TPSA) is 78.1 Å². The summed E-state index contributed by atoms with van der Waals surface area (Å²) in [4.78, 5) is 4.28.